The lowest BCUT2D eigenvalue weighted by atomic mass is 10.2. The lowest BCUT2D eigenvalue weighted by molar-refractivity contribution is -0.141. The molecule has 0 radical (unpaired) electrons. The van der Waals surface area contributed by atoms with Gasteiger partial charge in [0, 0.05) is 25.8 Å². The van der Waals surface area contributed by atoms with Crippen LogP contribution in [-0.2, 0) is 14.6 Å². The SMILES string of the molecule is CS(=O)(=O)CCNC(=O)N1CC(O)CC1C(=O)O. The van der Waals surface area contributed by atoms with Crippen molar-refractivity contribution in [3.8, 4) is 0 Å². The van der Waals surface area contributed by atoms with Crippen molar-refractivity contribution in [2.75, 3.05) is 25.1 Å². The molecule has 1 aliphatic heterocycles. The van der Waals surface area contributed by atoms with Crippen molar-refractivity contribution in [2.45, 2.75) is 18.6 Å². The molecule has 0 bridgehead atoms. The van der Waals surface area contributed by atoms with Crippen molar-refractivity contribution in [1.82, 2.24) is 10.2 Å². The summed E-state index contributed by atoms with van der Waals surface area (Å²) in [4.78, 5) is 23.5. The summed E-state index contributed by atoms with van der Waals surface area (Å²) < 4.78 is 21.7. The summed E-state index contributed by atoms with van der Waals surface area (Å²) >= 11 is 0. The van der Waals surface area contributed by atoms with E-state index in [0.29, 0.717) is 0 Å². The van der Waals surface area contributed by atoms with E-state index in [4.69, 9.17) is 5.11 Å². The molecule has 1 aliphatic rings. The summed E-state index contributed by atoms with van der Waals surface area (Å²) in [7, 11) is -3.18. The van der Waals surface area contributed by atoms with Gasteiger partial charge in [-0.15, -0.1) is 0 Å². The molecule has 0 aliphatic carbocycles. The Hall–Kier alpha value is -1.35. The lowest BCUT2D eigenvalue weighted by Gasteiger charge is -2.21. The summed E-state index contributed by atoms with van der Waals surface area (Å²) in [6, 6.07) is -1.75. The summed E-state index contributed by atoms with van der Waals surface area (Å²) in [6.07, 6.45) is 0.153. The highest BCUT2D eigenvalue weighted by molar-refractivity contribution is 7.90. The summed E-state index contributed by atoms with van der Waals surface area (Å²) in [5, 5.41) is 20.5. The van der Waals surface area contributed by atoms with E-state index < -0.39 is 34.0 Å². The van der Waals surface area contributed by atoms with Gasteiger partial charge in [0.15, 0.2) is 0 Å². The number of aliphatic hydroxyl groups excluding tert-OH is 1. The second-order valence-corrected chi connectivity index (χ2v) is 6.52. The van der Waals surface area contributed by atoms with Crippen LogP contribution in [0.1, 0.15) is 6.42 Å². The number of rotatable bonds is 4. The summed E-state index contributed by atoms with van der Waals surface area (Å²) in [5.74, 6) is -1.41. The molecule has 1 fully saturated rings. The van der Waals surface area contributed by atoms with Crippen molar-refractivity contribution in [3.63, 3.8) is 0 Å². The average molecular weight is 280 g/mol. The number of aliphatic hydroxyl groups is 1. The third-order valence-corrected chi connectivity index (χ3v) is 3.52. The average Bonchev–Trinajstić information content (AvgIpc) is 2.58. The normalized spacial score (nSPS) is 24.0. The topological polar surface area (TPSA) is 124 Å². The van der Waals surface area contributed by atoms with Gasteiger partial charge in [-0.3, -0.25) is 0 Å². The maximum absolute atomic E-state index is 11.6. The van der Waals surface area contributed by atoms with Crippen molar-refractivity contribution >= 4 is 21.8 Å². The van der Waals surface area contributed by atoms with E-state index >= 15 is 0 Å². The highest BCUT2D eigenvalue weighted by atomic mass is 32.2. The fourth-order valence-corrected chi connectivity index (χ4v) is 2.19. The van der Waals surface area contributed by atoms with Crippen LogP contribution in [-0.4, -0.2) is 72.8 Å². The fourth-order valence-electron chi connectivity index (χ4n) is 1.72. The number of carbonyl (C=O) groups excluding carboxylic acids is 1. The second-order valence-electron chi connectivity index (χ2n) is 4.26. The molecule has 1 rings (SSSR count). The Labute approximate surface area is 104 Å². The largest absolute Gasteiger partial charge is 0.480 e. The molecule has 0 spiro atoms. The molecule has 0 aromatic heterocycles. The first-order chi connectivity index (χ1) is 8.20. The minimum atomic E-state index is -3.18. The number of carboxylic acids is 1. The number of aliphatic carboxylic acids is 1. The molecule has 2 atom stereocenters. The first-order valence-electron chi connectivity index (χ1n) is 5.34. The van der Waals surface area contributed by atoms with Gasteiger partial charge in [-0.05, 0) is 0 Å². The number of amides is 2. The van der Waals surface area contributed by atoms with Crippen molar-refractivity contribution in [3.05, 3.63) is 0 Å². The molecule has 3 N–H and O–H groups in total. The fraction of sp³-hybridized carbons (Fsp3) is 0.778. The Balaban J connectivity index is 2.53. The quantitative estimate of drug-likeness (QED) is 0.561. The molecule has 104 valence electrons. The van der Waals surface area contributed by atoms with Crippen molar-refractivity contribution in [1.29, 1.82) is 0 Å². The predicted octanol–water partition coefficient (Wildman–Crippen LogP) is -1.74. The molecular formula is C9H16N2O6S. The van der Waals surface area contributed by atoms with E-state index in [0.717, 1.165) is 11.2 Å². The van der Waals surface area contributed by atoms with E-state index in [1.807, 2.05) is 0 Å². The second kappa shape index (κ2) is 5.53. The third kappa shape index (κ3) is 4.15. The maximum atomic E-state index is 11.6. The molecule has 2 amide bonds. The van der Waals surface area contributed by atoms with Gasteiger partial charge in [0.1, 0.15) is 15.9 Å². The third-order valence-electron chi connectivity index (χ3n) is 2.57. The molecule has 0 aromatic rings. The van der Waals surface area contributed by atoms with Crippen LogP contribution >= 0.6 is 0 Å². The van der Waals surface area contributed by atoms with Gasteiger partial charge in [0.05, 0.1) is 11.9 Å². The van der Waals surface area contributed by atoms with Crippen LogP contribution in [0, 0.1) is 0 Å². The molecule has 18 heavy (non-hydrogen) atoms. The van der Waals surface area contributed by atoms with Gasteiger partial charge < -0.3 is 20.4 Å². The van der Waals surface area contributed by atoms with Gasteiger partial charge in [0.2, 0.25) is 0 Å². The van der Waals surface area contributed by atoms with E-state index in [-0.39, 0.29) is 25.3 Å². The lowest BCUT2D eigenvalue weighted by Crippen LogP contribution is -2.47. The highest BCUT2D eigenvalue weighted by Gasteiger charge is 2.38. The Morgan fingerprint density at radius 3 is 2.56 bits per heavy atom. The Kier molecular flexibility index (Phi) is 4.52. The Morgan fingerprint density at radius 1 is 1.44 bits per heavy atom. The van der Waals surface area contributed by atoms with Crippen LogP contribution in [0.2, 0.25) is 0 Å². The molecule has 0 aromatic carbocycles. The van der Waals surface area contributed by atoms with E-state index in [2.05, 4.69) is 5.32 Å². The standard InChI is InChI=1S/C9H16N2O6S/c1-18(16,17)3-2-10-9(15)11-5-6(12)4-7(11)8(13)14/h6-7,12H,2-5H2,1H3,(H,10,15)(H,13,14). The van der Waals surface area contributed by atoms with Gasteiger partial charge in [-0.25, -0.2) is 18.0 Å². The zero-order valence-corrected chi connectivity index (χ0v) is 10.7. The number of urea groups is 1. The molecular weight excluding hydrogens is 264 g/mol. The number of likely N-dealkylation sites (tertiary alicyclic amines) is 1. The highest BCUT2D eigenvalue weighted by Crippen LogP contribution is 2.17. The van der Waals surface area contributed by atoms with Crippen LogP contribution in [0.25, 0.3) is 0 Å². The molecule has 1 heterocycles. The van der Waals surface area contributed by atoms with Crippen LogP contribution < -0.4 is 5.32 Å². The van der Waals surface area contributed by atoms with Crippen molar-refractivity contribution in [2.24, 2.45) is 0 Å². The van der Waals surface area contributed by atoms with Crippen LogP contribution in [0.5, 0.6) is 0 Å². The van der Waals surface area contributed by atoms with E-state index in [9.17, 15) is 23.1 Å². The number of carboxylic acid groups (broad SMARTS) is 1. The van der Waals surface area contributed by atoms with Crippen LogP contribution in [0.4, 0.5) is 4.79 Å². The number of sulfone groups is 1. The van der Waals surface area contributed by atoms with Gasteiger partial charge in [0.25, 0.3) is 0 Å². The van der Waals surface area contributed by atoms with E-state index in [1.54, 1.807) is 0 Å². The summed E-state index contributed by atoms with van der Waals surface area (Å²) in [6.45, 7) is -0.154. The van der Waals surface area contributed by atoms with Gasteiger partial charge in [-0.1, -0.05) is 0 Å². The molecule has 8 nitrogen and oxygen atoms in total. The zero-order chi connectivity index (χ0) is 13.9. The number of nitrogens with zero attached hydrogens (tertiary/aromatic N) is 1. The zero-order valence-electron chi connectivity index (χ0n) is 9.87. The summed E-state index contributed by atoms with van der Waals surface area (Å²) in [5.41, 5.74) is 0. The monoisotopic (exact) mass is 280 g/mol. The predicted molar refractivity (Wildman–Crippen MR) is 61.9 cm³/mol. The van der Waals surface area contributed by atoms with Gasteiger partial charge >= 0.3 is 12.0 Å². The number of nitrogens with one attached hydrogen (secondary N) is 1. The van der Waals surface area contributed by atoms with E-state index in [1.165, 1.54) is 0 Å². The number of carbonyl (C=O) groups is 2. The van der Waals surface area contributed by atoms with Crippen molar-refractivity contribution < 1.29 is 28.2 Å². The maximum Gasteiger partial charge on any atom is 0.326 e. The number of hydrogen-bond acceptors (Lipinski definition) is 5. The molecule has 9 heteroatoms. The number of hydrogen-bond donors (Lipinski definition) is 3. The van der Waals surface area contributed by atoms with Gasteiger partial charge in [-0.2, -0.15) is 0 Å². The first kappa shape index (κ1) is 14.7. The smallest absolute Gasteiger partial charge is 0.326 e. The minimum Gasteiger partial charge on any atom is -0.480 e. The molecule has 2 unspecified atom stereocenters. The molecule has 1 saturated heterocycles. The van der Waals surface area contributed by atoms with Crippen LogP contribution in [0.3, 0.4) is 0 Å². The Bertz CT molecular complexity index is 434. The first-order valence-corrected chi connectivity index (χ1v) is 7.40. The van der Waals surface area contributed by atoms with Crippen LogP contribution in [0.15, 0.2) is 0 Å². The Morgan fingerprint density at radius 2 is 2.06 bits per heavy atom. The number of β-amino-alcohol motifs (C(OH)–C–C–N with tert-alkyl or cyclic N) is 1. The molecule has 0 saturated carbocycles. The minimum absolute atomic E-state index is 0.0190.